The maximum Gasteiger partial charge on any atom is 0.358 e. The standard InChI is InChI=1S/C26H19FO2.C4H3N3O2/c1-2-15-13-18-9-12-21-20-6-4-3-5-17(20)14-22(28)25(21)23(18)24(26(15)29)16-7-10-19(27)11-8-16;8-4(9)3-1-5-2-6-7-3/h3-15,24H,2H2,1H3;1-2H,(H,8,9). The van der Waals surface area contributed by atoms with Gasteiger partial charge in [-0.15, -0.1) is 10.2 Å². The highest BCUT2D eigenvalue weighted by Crippen LogP contribution is 2.34. The summed E-state index contributed by atoms with van der Waals surface area (Å²) in [6.07, 6.45) is 6.62. The number of rotatable bonds is 3. The number of hydrogen-bond acceptors (Lipinski definition) is 6. The molecule has 3 aromatic carbocycles. The van der Waals surface area contributed by atoms with Crippen LogP contribution in [0.25, 0.3) is 12.2 Å². The molecule has 6 rings (SSSR count). The van der Waals surface area contributed by atoms with Crippen molar-refractivity contribution in [3.05, 3.63) is 122 Å². The van der Waals surface area contributed by atoms with Crippen molar-refractivity contribution < 1.29 is 23.9 Å². The summed E-state index contributed by atoms with van der Waals surface area (Å²) < 4.78 is 13.5. The summed E-state index contributed by atoms with van der Waals surface area (Å²) in [4.78, 5) is 40.1. The summed E-state index contributed by atoms with van der Waals surface area (Å²) in [5.41, 5.74) is 1.93. The number of carboxylic acids is 1. The van der Waals surface area contributed by atoms with Crippen LogP contribution in [0.1, 0.15) is 51.2 Å². The molecule has 2 atom stereocenters. The Morgan fingerprint density at radius 3 is 2.39 bits per heavy atom. The Balaban J connectivity index is 0.000000278. The first-order valence-corrected chi connectivity index (χ1v) is 12.0. The number of hydrogen-bond donors (Lipinski definition) is 1. The van der Waals surface area contributed by atoms with Gasteiger partial charge in [0.1, 0.15) is 12.1 Å². The van der Waals surface area contributed by atoms with Crippen LogP contribution in [0.15, 0.2) is 73.2 Å². The number of ketones is 2. The molecule has 188 valence electrons. The molecule has 0 spiro atoms. The van der Waals surface area contributed by atoms with E-state index in [1.54, 1.807) is 18.2 Å². The molecular formula is C30H22FN3O4. The second-order valence-electron chi connectivity index (χ2n) is 8.95. The summed E-state index contributed by atoms with van der Waals surface area (Å²) in [5.74, 6) is -2.27. The van der Waals surface area contributed by atoms with E-state index in [-0.39, 0.29) is 29.0 Å². The summed E-state index contributed by atoms with van der Waals surface area (Å²) in [6, 6.07) is 17.9. The van der Waals surface area contributed by atoms with Crippen LogP contribution in [0.5, 0.6) is 0 Å². The molecule has 1 N–H and O–H groups in total. The van der Waals surface area contributed by atoms with Crippen molar-refractivity contribution in [1.82, 2.24) is 15.2 Å². The van der Waals surface area contributed by atoms with E-state index in [1.165, 1.54) is 18.5 Å². The molecule has 2 unspecified atom stereocenters. The number of carboxylic acid groups (broad SMARTS) is 1. The van der Waals surface area contributed by atoms with Gasteiger partial charge < -0.3 is 5.11 Å². The third-order valence-corrected chi connectivity index (χ3v) is 6.73. The van der Waals surface area contributed by atoms with Crippen LogP contribution in [0, 0.1) is 22.2 Å². The molecule has 0 bridgehead atoms. The van der Waals surface area contributed by atoms with Gasteiger partial charge in [-0.1, -0.05) is 61.5 Å². The minimum Gasteiger partial charge on any atom is -0.476 e. The number of aromatic nitrogens is 3. The number of carbonyl (C=O) groups excluding carboxylic acids is 2. The molecule has 8 heteroatoms. The van der Waals surface area contributed by atoms with Crippen molar-refractivity contribution >= 4 is 29.7 Å². The number of aromatic carboxylic acids is 1. The number of Topliss-reactive ketones (excluding diaryl/α,β-unsaturated/α-hetero) is 2. The van der Waals surface area contributed by atoms with Gasteiger partial charge in [0.05, 0.1) is 12.1 Å². The molecule has 38 heavy (non-hydrogen) atoms. The lowest BCUT2D eigenvalue weighted by Crippen LogP contribution is -2.35. The van der Waals surface area contributed by atoms with Crippen molar-refractivity contribution in [3.8, 4) is 0 Å². The Kier molecular flexibility index (Phi) is 6.70. The minimum atomic E-state index is -1.12. The van der Waals surface area contributed by atoms with Gasteiger partial charge in [0.15, 0.2) is 17.3 Å². The maximum atomic E-state index is 13.5. The van der Waals surface area contributed by atoms with Crippen LogP contribution >= 0.6 is 0 Å². The highest BCUT2D eigenvalue weighted by atomic mass is 19.1. The van der Waals surface area contributed by atoms with E-state index < -0.39 is 11.9 Å². The van der Waals surface area contributed by atoms with Gasteiger partial charge in [0, 0.05) is 11.5 Å². The first kappa shape index (κ1) is 24.8. The fourth-order valence-electron chi connectivity index (χ4n) is 4.97. The van der Waals surface area contributed by atoms with E-state index in [0.717, 1.165) is 38.2 Å². The van der Waals surface area contributed by atoms with Gasteiger partial charge in [-0.25, -0.2) is 14.2 Å². The van der Waals surface area contributed by atoms with E-state index in [1.807, 2.05) is 49.4 Å². The molecular weight excluding hydrogens is 485 g/mol. The predicted molar refractivity (Wildman–Crippen MR) is 137 cm³/mol. The van der Waals surface area contributed by atoms with Crippen LogP contribution in [-0.2, 0) is 4.79 Å². The lowest BCUT2D eigenvalue weighted by molar-refractivity contribution is -0.122. The number of nitrogens with zero attached hydrogens (tertiary/aromatic N) is 3. The fraction of sp³-hybridized carbons (Fsp3) is 0.133. The molecule has 2 aliphatic rings. The third kappa shape index (κ3) is 4.52. The Bertz CT molecular complexity index is 1790. The Labute approximate surface area is 216 Å². The van der Waals surface area contributed by atoms with Gasteiger partial charge >= 0.3 is 5.97 Å². The van der Waals surface area contributed by atoms with Crippen molar-refractivity contribution in [2.75, 3.05) is 0 Å². The summed E-state index contributed by atoms with van der Waals surface area (Å²) in [6.45, 7) is 1.99. The number of halogens is 1. The lowest BCUT2D eigenvalue weighted by Gasteiger charge is -2.28. The minimum absolute atomic E-state index is 0.0617. The van der Waals surface area contributed by atoms with E-state index in [2.05, 4.69) is 15.2 Å². The Morgan fingerprint density at radius 1 is 0.974 bits per heavy atom. The molecule has 7 nitrogen and oxygen atoms in total. The summed E-state index contributed by atoms with van der Waals surface area (Å²) >= 11 is 0. The van der Waals surface area contributed by atoms with E-state index in [9.17, 15) is 18.8 Å². The van der Waals surface area contributed by atoms with Crippen molar-refractivity contribution in [3.63, 3.8) is 0 Å². The molecule has 0 saturated carbocycles. The largest absolute Gasteiger partial charge is 0.476 e. The SMILES string of the molecule is CCC1C=c2ccc3c(c2C(c2ccc(F)cc2)C1=O)C(=O)C=c1ccccc1=3.O=C(O)c1cncnn1. The smallest absolute Gasteiger partial charge is 0.358 e. The molecule has 0 saturated heterocycles. The zero-order chi connectivity index (χ0) is 26.8. The van der Waals surface area contributed by atoms with Crippen molar-refractivity contribution in [1.29, 1.82) is 0 Å². The molecule has 4 aromatic rings. The first-order valence-electron chi connectivity index (χ1n) is 12.0. The van der Waals surface area contributed by atoms with Crippen molar-refractivity contribution in [2.24, 2.45) is 5.92 Å². The second kappa shape index (κ2) is 10.3. The van der Waals surface area contributed by atoms with Crippen molar-refractivity contribution in [2.45, 2.75) is 19.3 Å². The van der Waals surface area contributed by atoms with Gasteiger partial charge in [0.2, 0.25) is 0 Å². The second-order valence-corrected chi connectivity index (χ2v) is 8.95. The van der Waals surface area contributed by atoms with Crippen LogP contribution < -0.4 is 10.4 Å². The fourth-order valence-corrected chi connectivity index (χ4v) is 4.97. The van der Waals surface area contributed by atoms with Crippen LogP contribution in [0.3, 0.4) is 0 Å². The zero-order valence-electron chi connectivity index (χ0n) is 20.3. The highest BCUT2D eigenvalue weighted by molar-refractivity contribution is 6.19. The number of fused-ring (bicyclic) bond motifs is 4. The average molecular weight is 508 g/mol. The van der Waals surface area contributed by atoms with E-state index in [0.29, 0.717) is 12.0 Å². The molecule has 1 aromatic heterocycles. The Morgan fingerprint density at radius 2 is 1.74 bits per heavy atom. The number of carbonyl (C=O) groups is 3. The summed E-state index contributed by atoms with van der Waals surface area (Å²) in [7, 11) is 0. The molecule has 1 heterocycles. The quantitative estimate of drug-likeness (QED) is 0.454. The summed E-state index contributed by atoms with van der Waals surface area (Å²) in [5, 5.41) is 18.4. The van der Waals surface area contributed by atoms with Gasteiger partial charge in [0.25, 0.3) is 0 Å². The lowest BCUT2D eigenvalue weighted by atomic mass is 9.73. The first-order chi connectivity index (χ1) is 18.4. The number of benzene rings is 3. The normalized spacial score (nSPS) is 17.0. The van der Waals surface area contributed by atoms with Crippen LogP contribution in [-0.4, -0.2) is 37.8 Å². The van der Waals surface area contributed by atoms with Gasteiger partial charge in [-0.2, -0.15) is 0 Å². The topological polar surface area (TPSA) is 110 Å². The van der Waals surface area contributed by atoms with E-state index >= 15 is 0 Å². The van der Waals surface area contributed by atoms with Crippen LogP contribution in [0.4, 0.5) is 4.39 Å². The molecule has 0 amide bonds. The van der Waals surface area contributed by atoms with Gasteiger partial charge in [-0.05, 0) is 56.6 Å². The van der Waals surface area contributed by atoms with E-state index in [4.69, 9.17) is 5.11 Å². The zero-order valence-corrected chi connectivity index (χ0v) is 20.3. The average Bonchev–Trinajstić information content (AvgIpc) is 2.94. The van der Waals surface area contributed by atoms with Crippen LogP contribution in [0.2, 0.25) is 0 Å². The van der Waals surface area contributed by atoms with Gasteiger partial charge in [-0.3, -0.25) is 9.59 Å². The monoisotopic (exact) mass is 507 g/mol. The molecule has 0 fully saturated rings. The Hall–Kier alpha value is -4.85. The highest BCUT2D eigenvalue weighted by Gasteiger charge is 2.35. The molecule has 2 aliphatic carbocycles. The molecule has 0 radical (unpaired) electrons. The predicted octanol–water partition coefficient (Wildman–Crippen LogP) is 3.18. The third-order valence-electron chi connectivity index (χ3n) is 6.73. The molecule has 0 aliphatic heterocycles. The maximum absolute atomic E-state index is 13.5.